The molecule has 0 atom stereocenters. The number of hydrogen-bond acceptors (Lipinski definition) is 3. The van der Waals surface area contributed by atoms with E-state index in [9.17, 15) is 0 Å². The Bertz CT molecular complexity index is 425. The molecule has 0 bridgehead atoms. The number of aromatic nitrogens is 2. The van der Waals surface area contributed by atoms with Gasteiger partial charge in [0.05, 0.1) is 10.2 Å². The van der Waals surface area contributed by atoms with E-state index in [2.05, 4.69) is 48.6 Å². The molecule has 1 aromatic rings. The molecule has 0 aliphatic heterocycles. The van der Waals surface area contributed by atoms with Gasteiger partial charge in [-0.05, 0) is 41.1 Å². The van der Waals surface area contributed by atoms with Crippen LogP contribution in [0, 0.1) is 5.92 Å². The molecular formula is C14H22BrClN2O. The third-order valence-electron chi connectivity index (χ3n) is 3.42. The Balaban J connectivity index is 3.33. The monoisotopic (exact) mass is 348 g/mol. The Hall–Kier alpha value is -0.190. The second-order valence-corrected chi connectivity index (χ2v) is 6.25. The van der Waals surface area contributed by atoms with E-state index in [1.807, 2.05) is 0 Å². The molecule has 0 amide bonds. The zero-order chi connectivity index (χ0) is 14.6. The van der Waals surface area contributed by atoms with Gasteiger partial charge in [0.1, 0.15) is 10.8 Å². The average Bonchev–Trinajstić information content (AvgIpc) is 2.37. The van der Waals surface area contributed by atoms with Crippen molar-refractivity contribution in [3.8, 4) is 0 Å². The molecule has 0 saturated carbocycles. The maximum absolute atomic E-state index is 6.23. The van der Waals surface area contributed by atoms with Gasteiger partial charge in [-0.2, -0.15) is 0 Å². The summed E-state index contributed by atoms with van der Waals surface area (Å²) in [4.78, 5) is 9.10. The fourth-order valence-electron chi connectivity index (χ4n) is 2.13. The summed E-state index contributed by atoms with van der Waals surface area (Å²) in [7, 11) is 1.70. The maximum Gasteiger partial charge on any atom is 0.162 e. The van der Waals surface area contributed by atoms with Crippen molar-refractivity contribution in [2.45, 2.75) is 52.6 Å². The highest BCUT2D eigenvalue weighted by molar-refractivity contribution is 9.10. The van der Waals surface area contributed by atoms with Crippen molar-refractivity contribution in [2.75, 3.05) is 7.11 Å². The van der Waals surface area contributed by atoms with Gasteiger partial charge >= 0.3 is 0 Å². The lowest BCUT2D eigenvalue weighted by Crippen LogP contribution is -2.30. The number of methoxy groups -OCH3 is 1. The molecule has 0 unspecified atom stereocenters. The molecule has 3 nitrogen and oxygen atoms in total. The van der Waals surface area contributed by atoms with Gasteiger partial charge in [-0.3, -0.25) is 0 Å². The van der Waals surface area contributed by atoms with Crippen molar-refractivity contribution in [1.82, 2.24) is 9.97 Å². The highest BCUT2D eigenvalue weighted by Gasteiger charge is 2.32. The average molecular weight is 350 g/mol. The second kappa shape index (κ2) is 7.00. The van der Waals surface area contributed by atoms with Crippen molar-refractivity contribution in [3.63, 3.8) is 0 Å². The maximum atomic E-state index is 6.23. The zero-order valence-electron chi connectivity index (χ0n) is 12.3. The van der Waals surface area contributed by atoms with E-state index in [1.165, 1.54) is 0 Å². The Morgan fingerprint density at radius 1 is 1.26 bits per heavy atom. The van der Waals surface area contributed by atoms with E-state index in [0.717, 1.165) is 29.4 Å². The van der Waals surface area contributed by atoms with E-state index < -0.39 is 5.60 Å². The Labute approximate surface area is 129 Å². The van der Waals surface area contributed by atoms with Gasteiger partial charge in [0.25, 0.3) is 0 Å². The largest absolute Gasteiger partial charge is 0.370 e. The molecule has 1 aromatic heterocycles. The van der Waals surface area contributed by atoms with Crippen LogP contribution in [0.25, 0.3) is 0 Å². The van der Waals surface area contributed by atoms with Gasteiger partial charge in [0.2, 0.25) is 0 Å². The minimum Gasteiger partial charge on any atom is -0.370 e. The number of ether oxygens (including phenoxy) is 1. The van der Waals surface area contributed by atoms with Crippen LogP contribution in [-0.2, 0) is 16.8 Å². The van der Waals surface area contributed by atoms with E-state index >= 15 is 0 Å². The first-order valence-electron chi connectivity index (χ1n) is 6.67. The standard InChI is InChI=1S/C14H22BrClN2O/c1-6-14(7-2,19-5)13-17-10(8-9(3)4)11(15)12(16)18-13/h9H,6-8H2,1-5H3. The molecule has 0 N–H and O–H groups in total. The van der Waals surface area contributed by atoms with Gasteiger partial charge in [0, 0.05) is 7.11 Å². The predicted octanol–water partition coefficient (Wildman–Crippen LogP) is 4.75. The van der Waals surface area contributed by atoms with Gasteiger partial charge in [-0.15, -0.1) is 0 Å². The number of halogens is 2. The fraction of sp³-hybridized carbons (Fsp3) is 0.714. The highest BCUT2D eigenvalue weighted by Crippen LogP contribution is 2.33. The lowest BCUT2D eigenvalue weighted by molar-refractivity contribution is -0.0293. The quantitative estimate of drug-likeness (QED) is 0.695. The topological polar surface area (TPSA) is 35.0 Å². The van der Waals surface area contributed by atoms with Crippen molar-refractivity contribution in [3.05, 3.63) is 21.1 Å². The van der Waals surface area contributed by atoms with Crippen LogP contribution >= 0.6 is 27.5 Å². The number of hydrogen-bond donors (Lipinski definition) is 0. The summed E-state index contributed by atoms with van der Waals surface area (Å²) in [5.41, 5.74) is 0.504. The van der Waals surface area contributed by atoms with Gasteiger partial charge < -0.3 is 4.74 Å². The lowest BCUT2D eigenvalue weighted by atomic mass is 9.95. The summed E-state index contributed by atoms with van der Waals surface area (Å²) >= 11 is 9.70. The van der Waals surface area contributed by atoms with Crippen LogP contribution in [0.15, 0.2) is 4.47 Å². The minimum atomic E-state index is -0.448. The third-order valence-corrected chi connectivity index (χ3v) is 4.76. The van der Waals surface area contributed by atoms with E-state index in [1.54, 1.807) is 7.11 Å². The molecule has 19 heavy (non-hydrogen) atoms. The Kier molecular flexibility index (Phi) is 6.21. The molecule has 1 rings (SSSR count). The molecule has 1 heterocycles. The molecule has 0 aliphatic rings. The van der Waals surface area contributed by atoms with Crippen LogP contribution < -0.4 is 0 Å². The molecule has 108 valence electrons. The fourth-order valence-corrected chi connectivity index (χ4v) is 2.66. The molecule has 0 radical (unpaired) electrons. The normalized spacial score (nSPS) is 12.2. The Morgan fingerprint density at radius 3 is 2.26 bits per heavy atom. The number of rotatable bonds is 6. The van der Waals surface area contributed by atoms with E-state index in [4.69, 9.17) is 21.3 Å². The Morgan fingerprint density at radius 2 is 1.84 bits per heavy atom. The van der Waals surface area contributed by atoms with Crippen molar-refractivity contribution in [1.29, 1.82) is 0 Å². The van der Waals surface area contributed by atoms with Crippen LogP contribution in [0.3, 0.4) is 0 Å². The summed E-state index contributed by atoms with van der Waals surface area (Å²) in [6.45, 7) is 8.47. The van der Waals surface area contributed by atoms with Crippen LogP contribution in [0.2, 0.25) is 5.15 Å². The summed E-state index contributed by atoms with van der Waals surface area (Å²) < 4.78 is 6.47. The zero-order valence-corrected chi connectivity index (χ0v) is 14.6. The van der Waals surface area contributed by atoms with Crippen LogP contribution in [0.5, 0.6) is 0 Å². The van der Waals surface area contributed by atoms with Gasteiger partial charge in [-0.25, -0.2) is 9.97 Å². The van der Waals surface area contributed by atoms with Crippen molar-refractivity contribution < 1.29 is 4.74 Å². The van der Waals surface area contributed by atoms with Crippen LogP contribution in [0.1, 0.15) is 52.1 Å². The van der Waals surface area contributed by atoms with Crippen LogP contribution in [-0.4, -0.2) is 17.1 Å². The predicted molar refractivity (Wildman–Crippen MR) is 82.6 cm³/mol. The number of nitrogens with zero attached hydrogens (tertiary/aromatic N) is 2. The first-order chi connectivity index (χ1) is 8.90. The second-order valence-electron chi connectivity index (χ2n) is 5.10. The molecule has 0 saturated heterocycles. The highest BCUT2D eigenvalue weighted by atomic mass is 79.9. The summed E-state index contributed by atoms with van der Waals surface area (Å²) in [6.07, 6.45) is 2.50. The van der Waals surface area contributed by atoms with Gasteiger partial charge in [-0.1, -0.05) is 39.3 Å². The smallest absolute Gasteiger partial charge is 0.162 e. The summed E-state index contributed by atoms with van der Waals surface area (Å²) in [5.74, 6) is 1.19. The van der Waals surface area contributed by atoms with Crippen LogP contribution in [0.4, 0.5) is 0 Å². The lowest BCUT2D eigenvalue weighted by Gasteiger charge is -2.29. The minimum absolute atomic E-state index is 0.448. The molecular weight excluding hydrogens is 328 g/mol. The first kappa shape index (κ1) is 16.9. The SMILES string of the molecule is CCC(CC)(OC)c1nc(Cl)c(Br)c(CC(C)C)n1. The summed E-state index contributed by atoms with van der Waals surface area (Å²) in [5, 5.41) is 0.462. The molecule has 0 aliphatic carbocycles. The third kappa shape index (κ3) is 3.67. The van der Waals surface area contributed by atoms with E-state index in [0.29, 0.717) is 16.9 Å². The first-order valence-corrected chi connectivity index (χ1v) is 7.84. The van der Waals surface area contributed by atoms with Gasteiger partial charge in [0.15, 0.2) is 5.82 Å². The van der Waals surface area contributed by atoms with E-state index in [-0.39, 0.29) is 0 Å². The molecule has 0 spiro atoms. The molecule has 0 fully saturated rings. The molecule has 0 aromatic carbocycles. The summed E-state index contributed by atoms with van der Waals surface area (Å²) in [6, 6.07) is 0. The molecule has 5 heteroatoms. The van der Waals surface area contributed by atoms with Crippen molar-refractivity contribution in [2.24, 2.45) is 5.92 Å². The van der Waals surface area contributed by atoms with Crippen molar-refractivity contribution >= 4 is 27.5 Å².